The lowest BCUT2D eigenvalue weighted by molar-refractivity contribution is -0.145. The Morgan fingerprint density at radius 3 is 2.57 bits per heavy atom. The van der Waals surface area contributed by atoms with Crippen LogP contribution in [-0.2, 0) is 9.59 Å². The quantitative estimate of drug-likeness (QED) is 0.450. The molecule has 1 fully saturated rings. The second-order valence-corrected chi connectivity index (χ2v) is 6.34. The van der Waals surface area contributed by atoms with Crippen molar-refractivity contribution in [2.24, 2.45) is 0 Å². The summed E-state index contributed by atoms with van der Waals surface area (Å²) in [5.74, 6) is -0.0729. The number of amides is 1. The van der Waals surface area contributed by atoms with Gasteiger partial charge in [-0.05, 0) is 29.9 Å². The molecule has 0 aliphatic carbocycles. The third-order valence-corrected chi connectivity index (χ3v) is 4.28. The number of hydrogen-bond acceptors (Lipinski definition) is 2. The summed E-state index contributed by atoms with van der Waals surface area (Å²) >= 11 is 0. The zero-order valence-corrected chi connectivity index (χ0v) is 13.9. The van der Waals surface area contributed by atoms with Crippen LogP contribution in [0.15, 0.2) is 36.4 Å². The van der Waals surface area contributed by atoms with Crippen molar-refractivity contribution in [2.45, 2.75) is 51.5 Å². The first-order valence-corrected chi connectivity index (χ1v) is 8.25. The van der Waals surface area contributed by atoms with Crippen molar-refractivity contribution in [3.05, 3.63) is 47.5 Å². The van der Waals surface area contributed by atoms with Crippen LogP contribution in [0.5, 0.6) is 0 Å². The number of β-lactam (4-membered cyclic amide) rings is 1. The van der Waals surface area contributed by atoms with Crippen LogP contribution in [0, 0.1) is 0 Å². The summed E-state index contributed by atoms with van der Waals surface area (Å²) in [6, 6.07) is 8.70. The summed E-state index contributed by atoms with van der Waals surface area (Å²) in [6.07, 6.45) is 6.08. The van der Waals surface area contributed by atoms with Gasteiger partial charge in [-0.2, -0.15) is 0 Å². The Balaban J connectivity index is 1.85. The molecular weight excluding hydrogens is 290 g/mol. The van der Waals surface area contributed by atoms with Gasteiger partial charge in [0, 0.05) is 13.0 Å². The van der Waals surface area contributed by atoms with E-state index in [1.807, 2.05) is 17.1 Å². The van der Waals surface area contributed by atoms with Gasteiger partial charge in [-0.3, -0.25) is 9.59 Å². The highest BCUT2D eigenvalue weighted by Crippen LogP contribution is 2.34. The van der Waals surface area contributed by atoms with E-state index in [9.17, 15) is 9.59 Å². The van der Waals surface area contributed by atoms with E-state index in [4.69, 9.17) is 5.11 Å². The van der Waals surface area contributed by atoms with Crippen molar-refractivity contribution in [3.8, 4) is 0 Å². The molecule has 1 amide bonds. The van der Waals surface area contributed by atoms with Crippen LogP contribution in [-0.4, -0.2) is 28.4 Å². The first-order valence-electron chi connectivity index (χ1n) is 8.25. The molecule has 1 aliphatic rings. The van der Waals surface area contributed by atoms with Gasteiger partial charge in [0.15, 0.2) is 0 Å². The number of likely N-dealkylation sites (tertiary alicyclic amines) is 1. The molecule has 0 aromatic heterocycles. The average molecular weight is 315 g/mol. The highest BCUT2D eigenvalue weighted by Gasteiger charge is 2.35. The van der Waals surface area contributed by atoms with Gasteiger partial charge in [-0.1, -0.05) is 50.3 Å². The molecule has 2 rings (SSSR count). The van der Waals surface area contributed by atoms with Crippen LogP contribution >= 0.6 is 0 Å². The van der Waals surface area contributed by atoms with Gasteiger partial charge in [0.05, 0.1) is 12.5 Å². The zero-order valence-electron chi connectivity index (χ0n) is 13.9. The van der Waals surface area contributed by atoms with Gasteiger partial charge in [0.25, 0.3) is 0 Å². The third-order valence-electron chi connectivity index (χ3n) is 4.28. The predicted octanol–water partition coefficient (Wildman–Crippen LogP) is 3.89. The van der Waals surface area contributed by atoms with Crippen LogP contribution in [0.4, 0.5) is 0 Å². The average Bonchev–Trinajstić information content (AvgIpc) is 2.51. The Bertz CT molecular complexity index is 575. The zero-order chi connectivity index (χ0) is 16.8. The second-order valence-electron chi connectivity index (χ2n) is 6.34. The minimum absolute atomic E-state index is 0.174. The first kappa shape index (κ1) is 17.3. The fourth-order valence-electron chi connectivity index (χ4n) is 2.76. The normalized spacial score (nSPS) is 17.8. The van der Waals surface area contributed by atoms with E-state index >= 15 is 0 Å². The maximum Gasteiger partial charge on any atom is 0.303 e. The minimum atomic E-state index is -0.763. The molecule has 1 aromatic carbocycles. The summed E-state index contributed by atoms with van der Waals surface area (Å²) in [7, 11) is 0. The lowest BCUT2D eigenvalue weighted by atomic mass is 9.92. The summed E-state index contributed by atoms with van der Waals surface area (Å²) in [4.78, 5) is 24.1. The van der Waals surface area contributed by atoms with E-state index < -0.39 is 5.97 Å². The van der Waals surface area contributed by atoms with E-state index in [0.717, 1.165) is 6.42 Å². The van der Waals surface area contributed by atoms with Crippen LogP contribution < -0.4 is 0 Å². The summed E-state index contributed by atoms with van der Waals surface area (Å²) in [5.41, 5.74) is 2.50. The number of hydrogen-bond donors (Lipinski definition) is 1. The molecule has 23 heavy (non-hydrogen) atoms. The number of carboxylic acid groups (broad SMARTS) is 1. The molecule has 4 heteroatoms. The monoisotopic (exact) mass is 315 g/mol. The van der Waals surface area contributed by atoms with Gasteiger partial charge >= 0.3 is 5.97 Å². The van der Waals surface area contributed by atoms with E-state index in [-0.39, 0.29) is 18.4 Å². The summed E-state index contributed by atoms with van der Waals surface area (Å²) in [5, 5.41) is 8.58. The summed E-state index contributed by atoms with van der Waals surface area (Å²) < 4.78 is 0. The van der Waals surface area contributed by atoms with Crippen LogP contribution in [0.2, 0.25) is 0 Å². The molecule has 1 heterocycles. The number of nitrogens with zero attached hydrogens (tertiary/aromatic N) is 1. The lowest BCUT2D eigenvalue weighted by Gasteiger charge is -2.40. The Hall–Kier alpha value is -2.10. The van der Waals surface area contributed by atoms with Crippen molar-refractivity contribution in [3.63, 3.8) is 0 Å². The van der Waals surface area contributed by atoms with Crippen molar-refractivity contribution in [2.75, 3.05) is 6.54 Å². The molecule has 1 aromatic rings. The van der Waals surface area contributed by atoms with E-state index in [1.165, 1.54) is 11.1 Å². The molecule has 1 aliphatic heterocycles. The van der Waals surface area contributed by atoms with Gasteiger partial charge in [0.2, 0.25) is 5.91 Å². The standard InChI is InChI=1S/C19H25NO3/c1-14(2)15-8-10-16(11-9-15)17-13-18(21)20(17)12-6-4-3-5-7-19(22)23/h4,6,8-11,14,17H,3,5,7,12-13H2,1-2H3,(H,22,23)/b6-4-/t17-/m1/s1. The summed E-state index contributed by atoms with van der Waals surface area (Å²) in [6.45, 7) is 4.94. The fraction of sp³-hybridized carbons (Fsp3) is 0.474. The molecule has 0 unspecified atom stereocenters. The Morgan fingerprint density at radius 2 is 2.00 bits per heavy atom. The number of aliphatic carboxylic acids is 1. The minimum Gasteiger partial charge on any atom is -0.481 e. The number of rotatable bonds is 8. The molecule has 0 radical (unpaired) electrons. The third kappa shape index (κ3) is 4.68. The van der Waals surface area contributed by atoms with E-state index in [1.54, 1.807) is 0 Å². The number of unbranched alkanes of at least 4 members (excludes halogenated alkanes) is 1. The SMILES string of the molecule is CC(C)c1ccc([C@H]2CC(=O)N2C/C=C\CCCC(=O)O)cc1. The van der Waals surface area contributed by atoms with Gasteiger partial charge in [-0.25, -0.2) is 0 Å². The van der Waals surface area contributed by atoms with Crippen molar-refractivity contribution < 1.29 is 14.7 Å². The van der Waals surface area contributed by atoms with Crippen molar-refractivity contribution >= 4 is 11.9 Å². The number of carboxylic acids is 1. The van der Waals surface area contributed by atoms with Crippen molar-refractivity contribution in [1.29, 1.82) is 0 Å². The topological polar surface area (TPSA) is 57.6 Å². The van der Waals surface area contributed by atoms with E-state index in [2.05, 4.69) is 38.1 Å². The molecule has 0 saturated carbocycles. The van der Waals surface area contributed by atoms with Crippen molar-refractivity contribution in [1.82, 2.24) is 4.90 Å². The van der Waals surface area contributed by atoms with Gasteiger partial charge < -0.3 is 10.0 Å². The smallest absolute Gasteiger partial charge is 0.303 e. The number of carbonyl (C=O) groups excluding carboxylic acids is 1. The molecular formula is C19H25NO3. The lowest BCUT2D eigenvalue weighted by Crippen LogP contribution is -2.46. The fourth-order valence-corrected chi connectivity index (χ4v) is 2.76. The maximum atomic E-state index is 11.8. The number of benzene rings is 1. The number of allylic oxidation sites excluding steroid dienone is 1. The molecule has 0 spiro atoms. The van der Waals surface area contributed by atoms with Crippen LogP contribution in [0.25, 0.3) is 0 Å². The molecule has 1 atom stereocenters. The first-order chi connectivity index (χ1) is 11.0. The molecule has 4 nitrogen and oxygen atoms in total. The highest BCUT2D eigenvalue weighted by atomic mass is 16.4. The second kappa shape index (κ2) is 7.95. The van der Waals surface area contributed by atoms with Crippen LogP contribution in [0.1, 0.15) is 62.6 Å². The molecule has 1 N–H and O–H groups in total. The predicted molar refractivity (Wildman–Crippen MR) is 90.2 cm³/mol. The Labute approximate surface area is 137 Å². The highest BCUT2D eigenvalue weighted by molar-refractivity contribution is 5.83. The largest absolute Gasteiger partial charge is 0.481 e. The maximum absolute atomic E-state index is 11.8. The molecule has 1 saturated heterocycles. The molecule has 124 valence electrons. The number of carbonyl (C=O) groups is 2. The Kier molecular flexibility index (Phi) is 5.97. The molecule has 0 bridgehead atoms. The Morgan fingerprint density at radius 1 is 1.30 bits per heavy atom. The van der Waals surface area contributed by atoms with Crippen LogP contribution in [0.3, 0.4) is 0 Å². The van der Waals surface area contributed by atoms with Gasteiger partial charge in [0.1, 0.15) is 0 Å². The van der Waals surface area contributed by atoms with E-state index in [0.29, 0.717) is 25.3 Å². The van der Waals surface area contributed by atoms with Gasteiger partial charge in [-0.15, -0.1) is 0 Å².